The lowest BCUT2D eigenvalue weighted by Gasteiger charge is -1.93. The Bertz CT molecular complexity index is 433. The Morgan fingerprint density at radius 3 is 2.79 bits per heavy atom. The van der Waals surface area contributed by atoms with Gasteiger partial charge in [0.05, 0.1) is 11.6 Å². The minimum absolute atomic E-state index is 0.0609. The molecule has 0 radical (unpaired) electrons. The highest BCUT2D eigenvalue weighted by molar-refractivity contribution is 7.14. The van der Waals surface area contributed by atoms with Crippen LogP contribution in [0.3, 0.4) is 0 Å². The molecule has 0 aromatic carbocycles. The molecular formula is C9H11N3OS. The average molecular weight is 209 g/mol. The maximum atomic E-state index is 5.69. The van der Waals surface area contributed by atoms with Crippen molar-refractivity contribution in [3.05, 3.63) is 23.1 Å². The van der Waals surface area contributed by atoms with Crippen LogP contribution in [0.15, 0.2) is 16.7 Å². The summed E-state index contributed by atoms with van der Waals surface area (Å²) in [6.07, 6.45) is 1.68. The molecule has 2 heterocycles. The average Bonchev–Trinajstić information content (AvgIpc) is 2.70. The van der Waals surface area contributed by atoms with Gasteiger partial charge in [-0.1, -0.05) is 11.3 Å². The zero-order valence-electron chi connectivity index (χ0n) is 8.02. The van der Waals surface area contributed by atoms with E-state index in [1.54, 1.807) is 6.26 Å². The first-order valence-corrected chi connectivity index (χ1v) is 5.13. The number of aromatic nitrogens is 2. The van der Waals surface area contributed by atoms with Gasteiger partial charge in [0.2, 0.25) is 0 Å². The molecule has 0 fully saturated rings. The summed E-state index contributed by atoms with van der Waals surface area (Å²) in [5.74, 6) is 0.873. The van der Waals surface area contributed by atoms with Crippen molar-refractivity contribution >= 4 is 11.3 Å². The summed E-state index contributed by atoms with van der Waals surface area (Å²) in [5.41, 5.74) is 6.66. The van der Waals surface area contributed by atoms with Crippen molar-refractivity contribution in [2.45, 2.75) is 19.9 Å². The van der Waals surface area contributed by atoms with Gasteiger partial charge >= 0.3 is 0 Å². The Morgan fingerprint density at radius 2 is 2.29 bits per heavy atom. The van der Waals surface area contributed by atoms with Crippen LogP contribution in [0.1, 0.15) is 23.7 Å². The highest BCUT2D eigenvalue weighted by Crippen LogP contribution is 2.27. The van der Waals surface area contributed by atoms with E-state index in [9.17, 15) is 0 Å². The standard InChI is InChI=1S/C9H11N3OS/c1-5-3-7(4-13-5)9-12-11-8(14-9)6(2)10/h3-4,6H,10H2,1-2H3. The van der Waals surface area contributed by atoms with Gasteiger partial charge in [0.25, 0.3) is 0 Å². The molecule has 1 unspecified atom stereocenters. The van der Waals surface area contributed by atoms with Crippen molar-refractivity contribution in [2.75, 3.05) is 0 Å². The number of hydrogen-bond acceptors (Lipinski definition) is 5. The van der Waals surface area contributed by atoms with Gasteiger partial charge in [-0.05, 0) is 19.9 Å². The molecule has 0 aliphatic rings. The van der Waals surface area contributed by atoms with Crippen molar-refractivity contribution in [1.29, 1.82) is 0 Å². The van der Waals surface area contributed by atoms with Gasteiger partial charge in [0.15, 0.2) is 5.01 Å². The molecule has 0 aliphatic carbocycles. The second kappa shape index (κ2) is 3.51. The van der Waals surface area contributed by atoms with E-state index < -0.39 is 0 Å². The fourth-order valence-corrected chi connectivity index (χ4v) is 1.86. The maximum Gasteiger partial charge on any atom is 0.151 e. The Balaban J connectivity index is 2.33. The van der Waals surface area contributed by atoms with Crippen LogP contribution in [0.25, 0.3) is 10.6 Å². The smallest absolute Gasteiger partial charge is 0.151 e. The second-order valence-electron chi connectivity index (χ2n) is 3.18. The van der Waals surface area contributed by atoms with Gasteiger partial charge in [-0.2, -0.15) is 0 Å². The Kier molecular flexibility index (Phi) is 2.35. The minimum Gasteiger partial charge on any atom is -0.469 e. The zero-order valence-corrected chi connectivity index (χ0v) is 8.84. The molecule has 2 N–H and O–H groups in total. The fourth-order valence-electron chi connectivity index (χ4n) is 1.09. The lowest BCUT2D eigenvalue weighted by molar-refractivity contribution is 0.535. The predicted octanol–water partition coefficient (Wildman–Crippen LogP) is 2.13. The quantitative estimate of drug-likeness (QED) is 0.822. The third kappa shape index (κ3) is 1.69. The third-order valence-corrected chi connectivity index (χ3v) is 2.98. The molecule has 0 bridgehead atoms. The van der Waals surface area contributed by atoms with E-state index in [2.05, 4.69) is 10.2 Å². The summed E-state index contributed by atoms with van der Waals surface area (Å²) in [5, 5.41) is 9.75. The molecule has 0 aliphatic heterocycles. The molecule has 14 heavy (non-hydrogen) atoms. The number of hydrogen-bond donors (Lipinski definition) is 1. The second-order valence-corrected chi connectivity index (χ2v) is 4.19. The normalized spacial score (nSPS) is 13.1. The lowest BCUT2D eigenvalue weighted by Crippen LogP contribution is -2.03. The van der Waals surface area contributed by atoms with Crippen LogP contribution >= 0.6 is 11.3 Å². The molecule has 74 valence electrons. The van der Waals surface area contributed by atoms with Crippen molar-refractivity contribution < 1.29 is 4.42 Å². The largest absolute Gasteiger partial charge is 0.469 e. The molecule has 2 aromatic heterocycles. The minimum atomic E-state index is -0.0609. The van der Waals surface area contributed by atoms with Crippen LogP contribution < -0.4 is 5.73 Å². The van der Waals surface area contributed by atoms with E-state index in [0.29, 0.717) is 0 Å². The van der Waals surface area contributed by atoms with E-state index >= 15 is 0 Å². The monoisotopic (exact) mass is 209 g/mol. The molecule has 2 rings (SSSR count). The molecule has 0 saturated carbocycles. The molecule has 2 aromatic rings. The first kappa shape index (κ1) is 9.36. The summed E-state index contributed by atoms with van der Waals surface area (Å²) in [6, 6.07) is 1.88. The number of nitrogens with two attached hydrogens (primary N) is 1. The number of rotatable bonds is 2. The van der Waals surface area contributed by atoms with Crippen molar-refractivity contribution in [3.63, 3.8) is 0 Å². The Labute approximate surface area is 85.8 Å². The summed E-state index contributed by atoms with van der Waals surface area (Å²) < 4.78 is 5.20. The van der Waals surface area contributed by atoms with Gasteiger partial charge < -0.3 is 10.2 Å². The van der Waals surface area contributed by atoms with Gasteiger partial charge in [-0.15, -0.1) is 10.2 Å². The van der Waals surface area contributed by atoms with Crippen LogP contribution in [-0.2, 0) is 0 Å². The topological polar surface area (TPSA) is 64.9 Å². The van der Waals surface area contributed by atoms with E-state index in [-0.39, 0.29) is 6.04 Å². The lowest BCUT2D eigenvalue weighted by atomic mass is 10.3. The number of aryl methyl sites for hydroxylation is 1. The van der Waals surface area contributed by atoms with Crippen molar-refractivity contribution in [3.8, 4) is 10.6 Å². The summed E-state index contributed by atoms with van der Waals surface area (Å²) in [6.45, 7) is 3.79. The van der Waals surface area contributed by atoms with Crippen LogP contribution in [0.5, 0.6) is 0 Å². The summed E-state index contributed by atoms with van der Waals surface area (Å²) in [4.78, 5) is 0. The Hall–Kier alpha value is -1.20. The van der Waals surface area contributed by atoms with Gasteiger partial charge in [0.1, 0.15) is 17.0 Å². The van der Waals surface area contributed by atoms with E-state index in [4.69, 9.17) is 10.2 Å². The highest BCUT2D eigenvalue weighted by atomic mass is 32.1. The maximum absolute atomic E-state index is 5.69. The van der Waals surface area contributed by atoms with Crippen molar-refractivity contribution in [1.82, 2.24) is 10.2 Å². The van der Waals surface area contributed by atoms with Crippen LogP contribution in [0, 0.1) is 6.92 Å². The summed E-state index contributed by atoms with van der Waals surface area (Å²) >= 11 is 1.50. The highest BCUT2D eigenvalue weighted by Gasteiger charge is 2.10. The van der Waals surface area contributed by atoms with E-state index in [1.165, 1.54) is 11.3 Å². The van der Waals surface area contributed by atoms with E-state index in [1.807, 2.05) is 19.9 Å². The molecule has 0 spiro atoms. The van der Waals surface area contributed by atoms with Gasteiger partial charge in [-0.3, -0.25) is 0 Å². The molecule has 0 amide bonds. The van der Waals surface area contributed by atoms with Gasteiger partial charge in [-0.25, -0.2) is 0 Å². The summed E-state index contributed by atoms with van der Waals surface area (Å²) in [7, 11) is 0. The third-order valence-electron chi connectivity index (χ3n) is 1.81. The fraction of sp³-hybridized carbons (Fsp3) is 0.333. The molecule has 1 atom stereocenters. The predicted molar refractivity (Wildman–Crippen MR) is 55.0 cm³/mol. The Morgan fingerprint density at radius 1 is 1.50 bits per heavy atom. The molecule has 5 heteroatoms. The van der Waals surface area contributed by atoms with Crippen LogP contribution in [-0.4, -0.2) is 10.2 Å². The number of furan rings is 1. The molecule has 0 saturated heterocycles. The molecular weight excluding hydrogens is 198 g/mol. The first-order valence-electron chi connectivity index (χ1n) is 4.31. The zero-order chi connectivity index (χ0) is 10.1. The van der Waals surface area contributed by atoms with Gasteiger partial charge in [0, 0.05) is 0 Å². The van der Waals surface area contributed by atoms with Crippen molar-refractivity contribution in [2.24, 2.45) is 5.73 Å². The first-order chi connectivity index (χ1) is 6.66. The molecule has 4 nitrogen and oxygen atoms in total. The van der Waals surface area contributed by atoms with E-state index in [0.717, 1.165) is 21.3 Å². The SMILES string of the molecule is Cc1cc(-c2nnc(C(C)N)s2)co1. The van der Waals surface area contributed by atoms with Crippen LogP contribution in [0.2, 0.25) is 0 Å². The number of nitrogens with zero attached hydrogens (tertiary/aromatic N) is 2. The van der Waals surface area contributed by atoms with Crippen LogP contribution in [0.4, 0.5) is 0 Å².